The molecule has 3 rings (SSSR count). The molecule has 0 aliphatic carbocycles. The van der Waals surface area contributed by atoms with E-state index in [0.717, 1.165) is 0 Å². The molecule has 0 atom stereocenters. The van der Waals surface area contributed by atoms with E-state index in [1.165, 1.54) is 16.8 Å². The summed E-state index contributed by atoms with van der Waals surface area (Å²) in [6.07, 6.45) is 0.899. The number of carbonyl (C=O) groups excluding carboxylic acids is 2. The first-order valence-electron chi connectivity index (χ1n) is 9.57. The number of rotatable bonds is 6. The van der Waals surface area contributed by atoms with Gasteiger partial charge in [0, 0.05) is 17.3 Å². The van der Waals surface area contributed by atoms with E-state index in [1.54, 1.807) is 31.3 Å². The van der Waals surface area contributed by atoms with Gasteiger partial charge in [0.25, 0.3) is 5.91 Å². The Hall–Kier alpha value is -2.62. The van der Waals surface area contributed by atoms with Crippen LogP contribution in [0.3, 0.4) is 0 Å². The molecular weight excluding hydrogens is 521 g/mol. The van der Waals surface area contributed by atoms with Crippen molar-refractivity contribution in [2.45, 2.75) is 20.8 Å². The van der Waals surface area contributed by atoms with E-state index in [2.05, 4.69) is 36.6 Å². The van der Waals surface area contributed by atoms with Crippen LogP contribution in [-0.4, -0.2) is 33.4 Å². The maximum atomic E-state index is 13.2. The van der Waals surface area contributed by atoms with Gasteiger partial charge in [0.1, 0.15) is 10.3 Å². The molecule has 0 unspecified atom stereocenters. The van der Waals surface area contributed by atoms with Crippen LogP contribution >= 0.6 is 39.1 Å². The Morgan fingerprint density at radius 3 is 2.66 bits per heavy atom. The Balaban J connectivity index is 1.92. The van der Waals surface area contributed by atoms with Gasteiger partial charge in [-0.1, -0.05) is 37.0 Å². The van der Waals surface area contributed by atoms with Crippen LogP contribution < -0.4 is 10.6 Å². The molecule has 0 spiro atoms. The van der Waals surface area contributed by atoms with Crippen LogP contribution in [0.15, 0.2) is 41.1 Å². The van der Waals surface area contributed by atoms with E-state index in [9.17, 15) is 9.59 Å². The zero-order chi connectivity index (χ0) is 23.4. The summed E-state index contributed by atoms with van der Waals surface area (Å²) in [6.45, 7) is 5.87. The van der Waals surface area contributed by atoms with E-state index in [1.807, 2.05) is 13.8 Å². The molecule has 3 aromatic rings. The highest BCUT2D eigenvalue weighted by Crippen LogP contribution is 2.31. The minimum Gasteiger partial charge on any atom is -0.449 e. The fourth-order valence-corrected chi connectivity index (χ4v) is 3.63. The summed E-state index contributed by atoms with van der Waals surface area (Å²) >= 11 is 15.7. The van der Waals surface area contributed by atoms with Crippen LogP contribution in [0.5, 0.6) is 0 Å². The zero-order valence-electron chi connectivity index (χ0n) is 17.4. The van der Waals surface area contributed by atoms with Crippen molar-refractivity contribution in [2.75, 3.05) is 17.2 Å². The summed E-state index contributed by atoms with van der Waals surface area (Å²) in [4.78, 5) is 29.6. The lowest BCUT2D eigenvalue weighted by Gasteiger charge is -2.16. The second-order valence-corrected chi connectivity index (χ2v) is 8.95. The van der Waals surface area contributed by atoms with Crippen molar-refractivity contribution in [3.8, 4) is 5.82 Å². The molecule has 0 saturated heterocycles. The van der Waals surface area contributed by atoms with E-state index < -0.39 is 12.0 Å². The molecule has 1 aromatic carbocycles. The monoisotopic (exact) mass is 539 g/mol. The first-order valence-corrected chi connectivity index (χ1v) is 11.1. The molecular formula is C21H20BrCl2N5O3. The number of aryl methyl sites for hydroxylation is 1. The van der Waals surface area contributed by atoms with Crippen molar-refractivity contribution in [3.05, 3.63) is 62.4 Å². The Bertz CT molecular complexity index is 1170. The van der Waals surface area contributed by atoms with Gasteiger partial charge < -0.3 is 10.1 Å². The summed E-state index contributed by atoms with van der Waals surface area (Å²) < 4.78 is 6.93. The lowest BCUT2D eigenvalue weighted by atomic mass is 10.1. The second-order valence-electron chi connectivity index (χ2n) is 7.29. The number of anilines is 2. The third kappa shape index (κ3) is 5.79. The minimum atomic E-state index is -0.649. The lowest BCUT2D eigenvalue weighted by Crippen LogP contribution is -2.21. The minimum absolute atomic E-state index is 0.179. The first kappa shape index (κ1) is 24.0. The van der Waals surface area contributed by atoms with Crippen molar-refractivity contribution in [3.63, 3.8) is 0 Å². The summed E-state index contributed by atoms with van der Waals surface area (Å²) in [5, 5.41) is 10.4. The number of halogens is 3. The number of amides is 2. The number of aromatic nitrogens is 3. The third-order valence-corrected chi connectivity index (χ3v) is 5.08. The number of carbonyl (C=O) groups is 2. The van der Waals surface area contributed by atoms with Crippen LogP contribution in [0.1, 0.15) is 29.9 Å². The molecule has 0 aliphatic heterocycles. The second kappa shape index (κ2) is 10.3. The SMILES string of the molecule is Cc1cc(Cl)cc(NC(=O)OCC(C)C)c1NC(=O)c1cc(Br)nn1-c1ncccc1Cl. The number of benzene rings is 1. The summed E-state index contributed by atoms with van der Waals surface area (Å²) in [5.41, 5.74) is 1.50. The van der Waals surface area contributed by atoms with Crippen molar-refractivity contribution in [1.29, 1.82) is 0 Å². The average molecular weight is 541 g/mol. The standard InChI is InChI=1S/C21H20BrCl2N5O3/c1-11(2)10-32-21(31)26-15-8-13(23)7-12(3)18(15)27-20(30)16-9-17(22)28-29(16)19-14(24)5-4-6-25-19/h4-9,11H,10H2,1-3H3,(H,26,31)(H,27,30). The summed E-state index contributed by atoms with van der Waals surface area (Å²) in [7, 11) is 0. The van der Waals surface area contributed by atoms with Crippen LogP contribution in [0.2, 0.25) is 10.0 Å². The van der Waals surface area contributed by atoms with Gasteiger partial charge in [-0.05, 0) is 58.6 Å². The number of ether oxygens (including phenoxy) is 1. The Morgan fingerprint density at radius 1 is 1.22 bits per heavy atom. The predicted octanol–water partition coefficient (Wildman–Crippen LogP) is 6.10. The maximum absolute atomic E-state index is 13.2. The highest BCUT2D eigenvalue weighted by atomic mass is 79.9. The van der Waals surface area contributed by atoms with Crippen molar-refractivity contribution >= 4 is 62.5 Å². The molecule has 0 radical (unpaired) electrons. The van der Waals surface area contributed by atoms with Gasteiger partial charge in [-0.25, -0.2) is 14.5 Å². The largest absolute Gasteiger partial charge is 0.449 e. The zero-order valence-corrected chi connectivity index (χ0v) is 20.5. The third-order valence-electron chi connectivity index (χ3n) is 4.18. The fraction of sp³-hybridized carbons (Fsp3) is 0.238. The predicted molar refractivity (Wildman–Crippen MR) is 128 cm³/mol. The maximum Gasteiger partial charge on any atom is 0.411 e. The molecule has 0 aliphatic rings. The van der Waals surface area contributed by atoms with Crippen LogP contribution in [0.25, 0.3) is 5.82 Å². The normalized spacial score (nSPS) is 10.8. The van der Waals surface area contributed by atoms with Crippen LogP contribution in [0.4, 0.5) is 16.2 Å². The van der Waals surface area contributed by atoms with E-state index >= 15 is 0 Å². The Kier molecular flexibility index (Phi) is 7.76. The van der Waals surface area contributed by atoms with Gasteiger partial charge in [-0.15, -0.1) is 0 Å². The molecule has 8 nitrogen and oxygen atoms in total. The fourth-order valence-electron chi connectivity index (χ4n) is 2.78. The Labute approximate surface area is 203 Å². The summed E-state index contributed by atoms with van der Waals surface area (Å²) in [6, 6.07) is 8.07. The highest BCUT2D eigenvalue weighted by Gasteiger charge is 2.21. The number of hydrogen-bond donors (Lipinski definition) is 2. The number of nitrogens with zero attached hydrogens (tertiary/aromatic N) is 3. The molecule has 2 aromatic heterocycles. The number of nitrogens with one attached hydrogen (secondary N) is 2. The summed E-state index contributed by atoms with van der Waals surface area (Å²) in [5.74, 6) is -0.0134. The first-order chi connectivity index (χ1) is 15.2. The highest BCUT2D eigenvalue weighted by molar-refractivity contribution is 9.10. The topological polar surface area (TPSA) is 98.1 Å². The van der Waals surface area contributed by atoms with E-state index in [-0.39, 0.29) is 18.2 Å². The quantitative estimate of drug-likeness (QED) is 0.393. The molecule has 2 amide bonds. The molecule has 0 saturated carbocycles. The van der Waals surface area contributed by atoms with Crippen molar-refractivity contribution in [2.24, 2.45) is 5.92 Å². The van der Waals surface area contributed by atoms with Crippen LogP contribution in [-0.2, 0) is 4.74 Å². The molecule has 0 fully saturated rings. The number of pyridine rings is 1. The van der Waals surface area contributed by atoms with Gasteiger partial charge in [0.15, 0.2) is 5.82 Å². The number of hydrogen-bond acceptors (Lipinski definition) is 5. The van der Waals surface area contributed by atoms with Crippen molar-refractivity contribution in [1.82, 2.24) is 14.8 Å². The average Bonchev–Trinajstić information content (AvgIpc) is 3.10. The molecule has 0 bridgehead atoms. The Morgan fingerprint density at radius 2 is 1.97 bits per heavy atom. The van der Waals surface area contributed by atoms with E-state index in [0.29, 0.717) is 37.4 Å². The van der Waals surface area contributed by atoms with Crippen LogP contribution in [0, 0.1) is 12.8 Å². The van der Waals surface area contributed by atoms with Gasteiger partial charge in [-0.2, -0.15) is 5.10 Å². The molecule has 11 heteroatoms. The smallest absolute Gasteiger partial charge is 0.411 e. The molecule has 168 valence electrons. The van der Waals surface area contributed by atoms with Crippen molar-refractivity contribution < 1.29 is 14.3 Å². The van der Waals surface area contributed by atoms with Gasteiger partial charge in [0.2, 0.25) is 0 Å². The molecule has 2 heterocycles. The van der Waals surface area contributed by atoms with E-state index in [4.69, 9.17) is 27.9 Å². The van der Waals surface area contributed by atoms with Gasteiger partial charge in [-0.3, -0.25) is 10.1 Å². The molecule has 2 N–H and O–H groups in total. The molecule has 32 heavy (non-hydrogen) atoms. The van der Waals surface area contributed by atoms with Gasteiger partial charge >= 0.3 is 6.09 Å². The van der Waals surface area contributed by atoms with Gasteiger partial charge in [0.05, 0.1) is 23.0 Å². The lowest BCUT2D eigenvalue weighted by molar-refractivity contribution is 0.101.